The van der Waals surface area contributed by atoms with Crippen molar-refractivity contribution in [1.29, 1.82) is 0 Å². The third kappa shape index (κ3) is 2.49. The van der Waals surface area contributed by atoms with Gasteiger partial charge < -0.3 is 19.7 Å². The maximum absolute atomic E-state index is 10.9. The lowest BCUT2D eigenvalue weighted by Crippen LogP contribution is -2.21. The van der Waals surface area contributed by atoms with Crippen LogP contribution in [0, 0.1) is 0 Å². The summed E-state index contributed by atoms with van der Waals surface area (Å²) in [5, 5.41) is 17.8. The van der Waals surface area contributed by atoms with Crippen LogP contribution in [-0.4, -0.2) is 35.4 Å². The van der Waals surface area contributed by atoms with Crippen molar-refractivity contribution in [2.45, 2.75) is 12.2 Å². The van der Waals surface area contributed by atoms with Crippen molar-refractivity contribution in [3.05, 3.63) is 35.4 Å². The molecule has 1 fully saturated rings. The van der Waals surface area contributed by atoms with Crippen LogP contribution in [0.2, 0.25) is 0 Å². The number of carboxylic acid groups (broad SMARTS) is 2. The summed E-state index contributed by atoms with van der Waals surface area (Å²) in [5.74, 6) is -4.37. The predicted molar refractivity (Wildman–Crippen MR) is 59.1 cm³/mol. The molecule has 1 saturated heterocycles. The molecule has 1 heterocycles. The first-order chi connectivity index (χ1) is 8.59. The van der Waals surface area contributed by atoms with Crippen LogP contribution in [0.15, 0.2) is 24.3 Å². The predicted octanol–water partition coefficient (Wildman–Crippen LogP) is 0.985. The molecule has 0 radical (unpaired) electrons. The van der Waals surface area contributed by atoms with Gasteiger partial charge in [-0.2, -0.15) is 0 Å². The minimum absolute atomic E-state index is 0.201. The van der Waals surface area contributed by atoms with E-state index >= 15 is 0 Å². The summed E-state index contributed by atoms with van der Waals surface area (Å²) in [5.41, 5.74) is 0.823. The standard InChI is InChI=1S/C12H12O6/c13-10(14)9(11(15)16)7-2-1-3-8(6-7)12-17-4-5-18-12/h1-3,6,9,12H,4-5H2,(H,13,14)(H,15,16). The van der Waals surface area contributed by atoms with Crippen LogP contribution in [0.25, 0.3) is 0 Å². The number of ether oxygens (including phenoxy) is 2. The molecule has 1 aliphatic rings. The molecule has 6 heteroatoms. The van der Waals surface area contributed by atoms with Crippen LogP contribution in [0.4, 0.5) is 0 Å². The number of benzene rings is 1. The second-order valence-corrected chi connectivity index (χ2v) is 3.85. The van der Waals surface area contributed by atoms with Crippen LogP contribution in [0.5, 0.6) is 0 Å². The highest BCUT2D eigenvalue weighted by atomic mass is 16.7. The summed E-state index contributed by atoms with van der Waals surface area (Å²) >= 11 is 0. The molecule has 0 amide bonds. The van der Waals surface area contributed by atoms with Crippen molar-refractivity contribution < 1.29 is 29.3 Å². The van der Waals surface area contributed by atoms with Crippen molar-refractivity contribution in [3.8, 4) is 0 Å². The molecule has 1 aromatic carbocycles. The van der Waals surface area contributed by atoms with Crippen molar-refractivity contribution >= 4 is 11.9 Å². The fourth-order valence-electron chi connectivity index (χ4n) is 1.83. The lowest BCUT2D eigenvalue weighted by atomic mass is 9.97. The smallest absolute Gasteiger partial charge is 0.322 e. The van der Waals surface area contributed by atoms with Gasteiger partial charge in [0.1, 0.15) is 0 Å². The highest BCUT2D eigenvalue weighted by molar-refractivity contribution is 5.99. The molecule has 0 atom stereocenters. The minimum atomic E-state index is -1.58. The SMILES string of the molecule is O=C(O)C(C(=O)O)c1cccc(C2OCCO2)c1. The van der Waals surface area contributed by atoms with Crippen molar-refractivity contribution in [2.75, 3.05) is 13.2 Å². The zero-order valence-corrected chi connectivity index (χ0v) is 9.41. The lowest BCUT2D eigenvalue weighted by molar-refractivity contribution is -0.150. The van der Waals surface area contributed by atoms with Gasteiger partial charge in [-0.15, -0.1) is 0 Å². The summed E-state index contributed by atoms with van der Waals surface area (Å²) in [4.78, 5) is 21.9. The Morgan fingerprint density at radius 1 is 1.17 bits per heavy atom. The van der Waals surface area contributed by atoms with E-state index in [1.165, 1.54) is 12.1 Å². The molecule has 1 aliphatic heterocycles. The summed E-state index contributed by atoms with van der Waals surface area (Å²) in [6.45, 7) is 0.937. The highest BCUT2D eigenvalue weighted by Crippen LogP contribution is 2.26. The average molecular weight is 252 g/mol. The Morgan fingerprint density at radius 2 is 1.78 bits per heavy atom. The van der Waals surface area contributed by atoms with Gasteiger partial charge in [-0.1, -0.05) is 18.2 Å². The summed E-state index contributed by atoms with van der Waals surface area (Å²) in [6, 6.07) is 6.25. The largest absolute Gasteiger partial charge is 0.480 e. The van der Waals surface area contributed by atoms with Crippen LogP contribution in [0.3, 0.4) is 0 Å². The Kier molecular flexibility index (Phi) is 3.59. The molecule has 96 valence electrons. The molecule has 0 unspecified atom stereocenters. The first-order valence-electron chi connectivity index (χ1n) is 5.38. The number of hydrogen-bond donors (Lipinski definition) is 2. The van der Waals surface area contributed by atoms with E-state index < -0.39 is 24.1 Å². The molecule has 2 N–H and O–H groups in total. The molecule has 18 heavy (non-hydrogen) atoms. The number of hydrogen-bond acceptors (Lipinski definition) is 4. The monoisotopic (exact) mass is 252 g/mol. The third-order valence-electron chi connectivity index (χ3n) is 2.63. The molecule has 0 spiro atoms. The number of carboxylic acids is 2. The van der Waals surface area contributed by atoms with E-state index in [0.717, 1.165) is 0 Å². The van der Waals surface area contributed by atoms with E-state index in [4.69, 9.17) is 19.7 Å². The molecule has 0 aromatic heterocycles. The van der Waals surface area contributed by atoms with Gasteiger partial charge in [0.2, 0.25) is 0 Å². The Bertz CT molecular complexity index is 449. The van der Waals surface area contributed by atoms with E-state index in [9.17, 15) is 9.59 Å². The van der Waals surface area contributed by atoms with Gasteiger partial charge in [-0.25, -0.2) is 0 Å². The van der Waals surface area contributed by atoms with Gasteiger partial charge in [-0.05, 0) is 11.6 Å². The number of aliphatic carboxylic acids is 2. The first-order valence-corrected chi connectivity index (χ1v) is 5.38. The highest BCUT2D eigenvalue weighted by Gasteiger charge is 2.29. The lowest BCUT2D eigenvalue weighted by Gasteiger charge is -2.13. The van der Waals surface area contributed by atoms with E-state index in [-0.39, 0.29) is 5.56 Å². The fourth-order valence-corrected chi connectivity index (χ4v) is 1.83. The minimum Gasteiger partial charge on any atom is -0.480 e. The second-order valence-electron chi connectivity index (χ2n) is 3.85. The van der Waals surface area contributed by atoms with Gasteiger partial charge in [-0.3, -0.25) is 9.59 Å². The Balaban J connectivity index is 2.30. The van der Waals surface area contributed by atoms with Gasteiger partial charge >= 0.3 is 11.9 Å². The summed E-state index contributed by atoms with van der Waals surface area (Å²) in [6.07, 6.45) is -0.548. The molecular formula is C12H12O6. The van der Waals surface area contributed by atoms with E-state index in [1.807, 2.05) is 0 Å². The van der Waals surface area contributed by atoms with Gasteiger partial charge in [0.15, 0.2) is 12.2 Å². The zero-order chi connectivity index (χ0) is 13.1. The third-order valence-corrected chi connectivity index (χ3v) is 2.63. The Labute approximate surface area is 103 Å². The van der Waals surface area contributed by atoms with Gasteiger partial charge in [0, 0.05) is 5.56 Å². The maximum Gasteiger partial charge on any atom is 0.322 e. The first kappa shape index (κ1) is 12.5. The normalized spacial score (nSPS) is 16.1. The van der Waals surface area contributed by atoms with Crippen LogP contribution in [0.1, 0.15) is 23.3 Å². The fraction of sp³-hybridized carbons (Fsp3) is 0.333. The maximum atomic E-state index is 10.9. The second kappa shape index (κ2) is 5.16. The van der Waals surface area contributed by atoms with Gasteiger partial charge in [0.25, 0.3) is 0 Å². The van der Waals surface area contributed by atoms with E-state index in [0.29, 0.717) is 18.8 Å². The molecule has 0 saturated carbocycles. The molecule has 2 rings (SSSR count). The van der Waals surface area contributed by atoms with Crippen molar-refractivity contribution in [3.63, 3.8) is 0 Å². The Morgan fingerprint density at radius 3 is 2.33 bits per heavy atom. The van der Waals surface area contributed by atoms with Crippen molar-refractivity contribution in [2.24, 2.45) is 0 Å². The molecule has 0 aliphatic carbocycles. The number of carbonyl (C=O) groups is 2. The molecule has 0 bridgehead atoms. The van der Waals surface area contributed by atoms with E-state index in [2.05, 4.69) is 0 Å². The van der Waals surface area contributed by atoms with Crippen LogP contribution in [-0.2, 0) is 19.1 Å². The van der Waals surface area contributed by atoms with E-state index in [1.54, 1.807) is 12.1 Å². The quantitative estimate of drug-likeness (QED) is 0.776. The number of rotatable bonds is 4. The van der Waals surface area contributed by atoms with Gasteiger partial charge in [0.05, 0.1) is 13.2 Å². The average Bonchev–Trinajstić information content (AvgIpc) is 2.81. The van der Waals surface area contributed by atoms with Crippen LogP contribution >= 0.6 is 0 Å². The summed E-state index contributed by atoms with van der Waals surface area (Å²) < 4.78 is 10.6. The topological polar surface area (TPSA) is 93.1 Å². The molecule has 6 nitrogen and oxygen atoms in total. The Hall–Kier alpha value is -1.92. The zero-order valence-electron chi connectivity index (χ0n) is 9.41. The molecule has 1 aromatic rings. The molecular weight excluding hydrogens is 240 g/mol. The summed E-state index contributed by atoms with van der Waals surface area (Å²) in [7, 11) is 0. The van der Waals surface area contributed by atoms with Crippen molar-refractivity contribution in [1.82, 2.24) is 0 Å². The van der Waals surface area contributed by atoms with Crippen LogP contribution < -0.4 is 0 Å².